The van der Waals surface area contributed by atoms with Gasteiger partial charge in [-0.05, 0) is 36.4 Å². The summed E-state index contributed by atoms with van der Waals surface area (Å²) in [5.41, 5.74) is 2.45. The number of hydrogen-bond donors (Lipinski definition) is 0. The van der Waals surface area contributed by atoms with Gasteiger partial charge in [0.15, 0.2) is 5.69 Å². The first-order chi connectivity index (χ1) is 12.2. The third-order valence-electron chi connectivity index (χ3n) is 3.79. The highest BCUT2D eigenvalue weighted by molar-refractivity contribution is 7.15. The van der Waals surface area contributed by atoms with Gasteiger partial charge in [-0.25, -0.2) is 4.52 Å². The standard InChI is InChI=1S/C18H12ClN3O2S/c1-24-14-8-4-11(5-9-14)15-10-25-18-20-17(23)16(21-22(15)18)12-2-6-13(19)7-3-12/h2-10H,1H3. The van der Waals surface area contributed by atoms with E-state index in [1.54, 1.807) is 35.9 Å². The number of hydrogen-bond acceptors (Lipinski definition) is 5. The number of fused-ring (bicyclic) bond motifs is 1. The molecule has 2 heterocycles. The van der Waals surface area contributed by atoms with Crippen molar-refractivity contribution >= 4 is 27.9 Å². The summed E-state index contributed by atoms with van der Waals surface area (Å²) in [6.07, 6.45) is 0. The van der Waals surface area contributed by atoms with Crippen LogP contribution in [0.15, 0.2) is 58.7 Å². The lowest BCUT2D eigenvalue weighted by atomic mass is 10.1. The predicted molar refractivity (Wildman–Crippen MR) is 99.6 cm³/mol. The molecule has 25 heavy (non-hydrogen) atoms. The number of nitrogens with zero attached hydrogens (tertiary/aromatic N) is 3. The molecule has 0 bridgehead atoms. The van der Waals surface area contributed by atoms with Gasteiger partial charge in [-0.15, -0.1) is 11.3 Å². The van der Waals surface area contributed by atoms with E-state index in [2.05, 4.69) is 10.1 Å². The lowest BCUT2D eigenvalue weighted by Gasteiger charge is -2.05. The Morgan fingerprint density at radius 3 is 2.40 bits per heavy atom. The van der Waals surface area contributed by atoms with E-state index in [1.165, 1.54) is 11.3 Å². The average Bonchev–Trinajstić information content (AvgIpc) is 3.04. The second-order valence-electron chi connectivity index (χ2n) is 5.32. The maximum Gasteiger partial charge on any atom is 0.300 e. The largest absolute Gasteiger partial charge is 0.497 e. The van der Waals surface area contributed by atoms with Crippen LogP contribution < -0.4 is 10.3 Å². The fraction of sp³-hybridized carbons (Fsp3) is 0.0556. The Balaban J connectivity index is 1.88. The first kappa shape index (κ1) is 15.8. The highest BCUT2D eigenvalue weighted by Crippen LogP contribution is 2.26. The Labute approximate surface area is 152 Å². The van der Waals surface area contributed by atoms with Gasteiger partial charge in [0.1, 0.15) is 5.75 Å². The molecule has 2 aromatic heterocycles. The molecule has 0 saturated carbocycles. The molecule has 124 valence electrons. The number of benzene rings is 2. The smallest absolute Gasteiger partial charge is 0.300 e. The van der Waals surface area contributed by atoms with E-state index in [0.29, 0.717) is 21.2 Å². The SMILES string of the molecule is COc1ccc(-c2csc3nc(=O)c(-c4ccc(Cl)cc4)nn23)cc1. The van der Waals surface area contributed by atoms with E-state index in [1.807, 2.05) is 29.6 Å². The summed E-state index contributed by atoms with van der Waals surface area (Å²) in [6, 6.07) is 14.6. The van der Waals surface area contributed by atoms with Crippen LogP contribution in [-0.2, 0) is 0 Å². The summed E-state index contributed by atoms with van der Waals surface area (Å²) in [5, 5.41) is 7.07. The summed E-state index contributed by atoms with van der Waals surface area (Å²) in [4.78, 5) is 17.0. The molecular formula is C18H12ClN3O2S. The van der Waals surface area contributed by atoms with Crippen LogP contribution in [0.3, 0.4) is 0 Å². The monoisotopic (exact) mass is 369 g/mol. The molecule has 0 aliphatic rings. The Hall–Kier alpha value is -2.70. The summed E-state index contributed by atoms with van der Waals surface area (Å²) in [5.74, 6) is 0.781. The van der Waals surface area contributed by atoms with Gasteiger partial charge in [0, 0.05) is 21.5 Å². The first-order valence-corrected chi connectivity index (χ1v) is 8.70. The van der Waals surface area contributed by atoms with E-state index >= 15 is 0 Å². The normalized spacial score (nSPS) is 11.0. The summed E-state index contributed by atoms with van der Waals surface area (Å²) in [6.45, 7) is 0. The second-order valence-corrected chi connectivity index (χ2v) is 6.59. The Bertz CT molecular complexity index is 1100. The van der Waals surface area contributed by atoms with Gasteiger partial charge in [0.2, 0.25) is 4.96 Å². The number of rotatable bonds is 3. The lowest BCUT2D eigenvalue weighted by Crippen LogP contribution is -2.14. The van der Waals surface area contributed by atoms with E-state index < -0.39 is 0 Å². The quantitative estimate of drug-likeness (QED) is 0.544. The fourth-order valence-electron chi connectivity index (χ4n) is 2.51. The third-order valence-corrected chi connectivity index (χ3v) is 4.86. The maximum atomic E-state index is 12.3. The molecule has 0 fully saturated rings. The van der Waals surface area contributed by atoms with Crippen LogP contribution in [0.2, 0.25) is 5.02 Å². The highest BCUT2D eigenvalue weighted by Gasteiger charge is 2.13. The van der Waals surface area contributed by atoms with E-state index in [0.717, 1.165) is 17.0 Å². The van der Waals surface area contributed by atoms with Gasteiger partial charge in [0.25, 0.3) is 0 Å². The average molecular weight is 370 g/mol. The van der Waals surface area contributed by atoms with Gasteiger partial charge in [-0.1, -0.05) is 23.7 Å². The van der Waals surface area contributed by atoms with Gasteiger partial charge < -0.3 is 4.74 Å². The predicted octanol–water partition coefficient (Wildman–Crippen LogP) is 4.15. The molecule has 0 unspecified atom stereocenters. The highest BCUT2D eigenvalue weighted by atomic mass is 35.5. The molecule has 0 amide bonds. The van der Waals surface area contributed by atoms with Crippen molar-refractivity contribution in [2.45, 2.75) is 0 Å². The zero-order valence-electron chi connectivity index (χ0n) is 13.1. The summed E-state index contributed by atoms with van der Waals surface area (Å²) in [7, 11) is 1.63. The molecule has 0 spiro atoms. The van der Waals surface area contributed by atoms with Crippen molar-refractivity contribution in [2.24, 2.45) is 0 Å². The molecule has 2 aromatic carbocycles. The lowest BCUT2D eigenvalue weighted by molar-refractivity contribution is 0.415. The molecule has 7 heteroatoms. The topological polar surface area (TPSA) is 56.5 Å². The molecule has 5 nitrogen and oxygen atoms in total. The van der Waals surface area contributed by atoms with Crippen LogP contribution in [0.25, 0.3) is 27.5 Å². The van der Waals surface area contributed by atoms with Crippen molar-refractivity contribution in [1.82, 2.24) is 14.6 Å². The Morgan fingerprint density at radius 1 is 1.04 bits per heavy atom. The van der Waals surface area contributed by atoms with Gasteiger partial charge in [-0.3, -0.25) is 4.79 Å². The molecule has 4 aromatic rings. The summed E-state index contributed by atoms with van der Waals surface area (Å²) < 4.78 is 6.88. The van der Waals surface area contributed by atoms with Crippen molar-refractivity contribution in [2.75, 3.05) is 7.11 Å². The van der Waals surface area contributed by atoms with Gasteiger partial charge >= 0.3 is 5.56 Å². The van der Waals surface area contributed by atoms with Crippen molar-refractivity contribution < 1.29 is 4.74 Å². The van der Waals surface area contributed by atoms with E-state index in [9.17, 15) is 4.79 Å². The van der Waals surface area contributed by atoms with Crippen molar-refractivity contribution in [3.05, 3.63) is 69.3 Å². The zero-order chi connectivity index (χ0) is 17.4. The Morgan fingerprint density at radius 2 is 1.72 bits per heavy atom. The van der Waals surface area contributed by atoms with Crippen molar-refractivity contribution in [3.8, 4) is 28.3 Å². The zero-order valence-corrected chi connectivity index (χ0v) is 14.7. The number of halogens is 1. The maximum absolute atomic E-state index is 12.3. The van der Waals surface area contributed by atoms with Gasteiger partial charge in [0.05, 0.1) is 12.8 Å². The van der Waals surface area contributed by atoms with E-state index in [4.69, 9.17) is 16.3 Å². The van der Waals surface area contributed by atoms with Crippen LogP contribution in [0.5, 0.6) is 5.75 Å². The number of thiazole rings is 1. The first-order valence-electron chi connectivity index (χ1n) is 7.44. The van der Waals surface area contributed by atoms with Crippen molar-refractivity contribution in [3.63, 3.8) is 0 Å². The third kappa shape index (κ3) is 2.90. The Kier molecular flexibility index (Phi) is 3.99. The second kappa shape index (κ2) is 6.31. The minimum atomic E-state index is -0.356. The number of methoxy groups -OCH3 is 1. The van der Waals surface area contributed by atoms with Crippen molar-refractivity contribution in [1.29, 1.82) is 0 Å². The molecule has 0 N–H and O–H groups in total. The van der Waals surface area contributed by atoms with Crippen LogP contribution in [0, 0.1) is 0 Å². The van der Waals surface area contributed by atoms with Crippen LogP contribution >= 0.6 is 22.9 Å². The van der Waals surface area contributed by atoms with Crippen LogP contribution in [0.1, 0.15) is 0 Å². The van der Waals surface area contributed by atoms with Crippen LogP contribution in [0.4, 0.5) is 0 Å². The minimum Gasteiger partial charge on any atom is -0.497 e. The molecule has 4 rings (SSSR count). The molecule has 0 aliphatic carbocycles. The molecular weight excluding hydrogens is 358 g/mol. The molecule has 0 radical (unpaired) electrons. The van der Waals surface area contributed by atoms with E-state index in [-0.39, 0.29) is 5.56 Å². The number of ether oxygens (including phenoxy) is 1. The molecule has 0 aliphatic heterocycles. The van der Waals surface area contributed by atoms with Gasteiger partial charge in [-0.2, -0.15) is 10.1 Å². The number of aromatic nitrogens is 3. The minimum absolute atomic E-state index is 0.294. The van der Waals surface area contributed by atoms with Crippen LogP contribution in [-0.4, -0.2) is 21.7 Å². The molecule has 0 saturated heterocycles. The fourth-order valence-corrected chi connectivity index (χ4v) is 3.46. The molecule has 0 atom stereocenters. The summed E-state index contributed by atoms with van der Waals surface area (Å²) >= 11 is 7.29.